The second kappa shape index (κ2) is 9.35. The number of carbonyl (C=O) groups is 1. The van der Waals surface area contributed by atoms with Gasteiger partial charge in [-0.15, -0.1) is 0 Å². The third-order valence-corrected chi connectivity index (χ3v) is 7.15. The summed E-state index contributed by atoms with van der Waals surface area (Å²) >= 11 is 0. The molecule has 0 saturated heterocycles. The Morgan fingerprint density at radius 1 is 0.971 bits per heavy atom. The Hall–Kier alpha value is -3.37. The van der Waals surface area contributed by atoms with Crippen molar-refractivity contribution in [2.45, 2.75) is 36.4 Å². The van der Waals surface area contributed by atoms with Crippen molar-refractivity contribution in [2.75, 3.05) is 12.4 Å². The second-order valence-electron chi connectivity index (χ2n) is 8.23. The van der Waals surface area contributed by atoms with Crippen LogP contribution >= 0.6 is 0 Å². The molecule has 1 heterocycles. The highest BCUT2D eigenvalue weighted by Crippen LogP contribution is 2.38. The largest absolute Gasteiger partial charge is 0.497 e. The van der Waals surface area contributed by atoms with Crippen LogP contribution in [0.5, 0.6) is 5.75 Å². The van der Waals surface area contributed by atoms with Crippen molar-refractivity contribution < 1.29 is 35.3 Å². The Morgan fingerprint density at radius 2 is 1.63 bits per heavy atom. The normalized spacial score (nSPS) is 18.4. The first kappa shape index (κ1) is 24.7. The number of anilines is 1. The van der Waals surface area contributed by atoms with E-state index < -0.39 is 39.8 Å². The number of aryl methyl sites for hydroxylation is 1. The van der Waals surface area contributed by atoms with Crippen LogP contribution in [0.15, 0.2) is 71.6 Å². The number of carbonyl (C=O) groups excluding carboxylic acids is 1. The van der Waals surface area contributed by atoms with Crippen LogP contribution in [0.4, 0.5) is 18.9 Å². The summed E-state index contributed by atoms with van der Waals surface area (Å²) in [5.41, 5.74) is 0.859. The number of halogens is 3. The van der Waals surface area contributed by atoms with Gasteiger partial charge >= 0.3 is 6.18 Å². The summed E-state index contributed by atoms with van der Waals surface area (Å²) in [6, 6.07) is 15.4. The number of hydrogen-bond acceptors (Lipinski definition) is 5. The number of fused-ring (bicyclic) bond motifs is 1. The van der Waals surface area contributed by atoms with Crippen molar-refractivity contribution in [1.82, 2.24) is 0 Å². The van der Waals surface area contributed by atoms with E-state index in [9.17, 15) is 26.4 Å². The number of benzene rings is 3. The Morgan fingerprint density at radius 3 is 2.23 bits per heavy atom. The van der Waals surface area contributed by atoms with Crippen molar-refractivity contribution in [1.29, 1.82) is 0 Å². The molecule has 184 valence electrons. The van der Waals surface area contributed by atoms with Gasteiger partial charge in [0.25, 0.3) is 16.0 Å². The second-order valence-corrected chi connectivity index (χ2v) is 9.80. The molecule has 0 unspecified atom stereocenters. The van der Waals surface area contributed by atoms with Crippen LogP contribution < -0.4 is 10.1 Å². The van der Waals surface area contributed by atoms with Gasteiger partial charge in [0.05, 0.1) is 17.6 Å². The molecule has 0 aromatic heterocycles. The van der Waals surface area contributed by atoms with Crippen molar-refractivity contribution in [3.05, 3.63) is 89.0 Å². The van der Waals surface area contributed by atoms with E-state index in [1.807, 2.05) is 0 Å². The lowest BCUT2D eigenvalue weighted by atomic mass is 9.87. The number of amides is 1. The van der Waals surface area contributed by atoms with Gasteiger partial charge in [0.2, 0.25) is 0 Å². The molecule has 10 heteroatoms. The molecule has 0 saturated carbocycles. The Kier molecular flexibility index (Phi) is 6.61. The lowest BCUT2D eigenvalue weighted by Crippen LogP contribution is -2.36. The summed E-state index contributed by atoms with van der Waals surface area (Å²) in [5, 5.41) is 2.54. The van der Waals surface area contributed by atoms with Crippen LogP contribution in [-0.2, 0) is 31.7 Å². The fourth-order valence-corrected chi connectivity index (χ4v) is 5.02. The fraction of sp³-hybridized carbons (Fsp3) is 0.240. The Labute approximate surface area is 200 Å². The topological polar surface area (TPSA) is 81.7 Å². The van der Waals surface area contributed by atoms with Gasteiger partial charge < -0.3 is 10.1 Å². The standard InChI is InChI=1S/C25H22F3NO5S/c1-15-3-10-20(11-4-15)35(31,32)34-23-21(16-5-8-19(33-2)9-6-16)14-17-13-18(25(26,27)28)7-12-22(17)29-24(23)30/h3-13,21,23H,14H2,1-2H3,(H,29,30)/t21-,23-/m0/s1. The molecule has 0 spiro atoms. The van der Waals surface area contributed by atoms with E-state index in [1.165, 1.54) is 19.2 Å². The van der Waals surface area contributed by atoms with E-state index in [1.54, 1.807) is 43.3 Å². The summed E-state index contributed by atoms with van der Waals surface area (Å²) in [6.07, 6.45) is -6.18. The maximum atomic E-state index is 13.3. The minimum atomic E-state index is -4.58. The third-order valence-electron chi connectivity index (χ3n) is 5.84. The van der Waals surface area contributed by atoms with E-state index in [-0.39, 0.29) is 22.6 Å². The van der Waals surface area contributed by atoms with Crippen molar-refractivity contribution in [3.8, 4) is 5.75 Å². The molecule has 2 atom stereocenters. The van der Waals surface area contributed by atoms with E-state index in [0.717, 1.165) is 23.8 Å². The molecule has 6 nitrogen and oxygen atoms in total. The quantitative estimate of drug-likeness (QED) is 0.490. The maximum absolute atomic E-state index is 13.3. The summed E-state index contributed by atoms with van der Waals surface area (Å²) in [5.74, 6) is -1.15. The molecule has 4 rings (SSSR count). The monoisotopic (exact) mass is 505 g/mol. The van der Waals surface area contributed by atoms with E-state index in [2.05, 4.69) is 5.32 Å². The average Bonchev–Trinajstić information content (AvgIpc) is 2.94. The highest BCUT2D eigenvalue weighted by molar-refractivity contribution is 7.86. The first-order valence-corrected chi connectivity index (χ1v) is 12.0. The van der Waals surface area contributed by atoms with Gasteiger partial charge in [-0.1, -0.05) is 29.8 Å². The smallest absolute Gasteiger partial charge is 0.416 e. The molecule has 3 aromatic rings. The molecule has 35 heavy (non-hydrogen) atoms. The molecule has 1 aliphatic rings. The minimum absolute atomic E-state index is 0.0710. The number of nitrogens with one attached hydrogen (secondary N) is 1. The number of hydrogen-bond donors (Lipinski definition) is 1. The highest BCUT2D eigenvalue weighted by atomic mass is 32.2. The zero-order chi connectivity index (χ0) is 25.4. The van der Waals surface area contributed by atoms with Gasteiger partial charge in [-0.3, -0.25) is 8.98 Å². The van der Waals surface area contributed by atoms with Gasteiger partial charge in [0.15, 0.2) is 6.10 Å². The summed E-state index contributed by atoms with van der Waals surface area (Å²) in [7, 11) is -2.89. The Balaban J connectivity index is 1.78. The summed E-state index contributed by atoms with van der Waals surface area (Å²) in [6.45, 7) is 1.79. The van der Waals surface area contributed by atoms with Gasteiger partial charge in [0.1, 0.15) is 5.75 Å². The highest BCUT2D eigenvalue weighted by Gasteiger charge is 2.39. The number of ether oxygens (including phenoxy) is 1. The zero-order valence-corrected chi connectivity index (χ0v) is 19.6. The van der Waals surface area contributed by atoms with Crippen LogP contribution in [0, 0.1) is 6.92 Å². The summed E-state index contributed by atoms with van der Waals surface area (Å²) in [4.78, 5) is 13.0. The molecule has 0 aliphatic carbocycles. The minimum Gasteiger partial charge on any atom is -0.497 e. The molecule has 0 bridgehead atoms. The molecule has 1 N–H and O–H groups in total. The van der Waals surface area contributed by atoms with Crippen LogP contribution in [-0.4, -0.2) is 27.5 Å². The lowest BCUT2D eigenvalue weighted by molar-refractivity contribution is -0.137. The third kappa shape index (κ3) is 5.33. The maximum Gasteiger partial charge on any atom is 0.416 e. The SMILES string of the molecule is COc1ccc([C@@H]2Cc3cc(C(F)(F)F)ccc3NC(=O)[C@H]2OS(=O)(=O)c2ccc(C)cc2)cc1. The predicted octanol–water partition coefficient (Wildman–Crippen LogP) is 5.07. The number of methoxy groups -OCH3 is 1. The number of rotatable bonds is 5. The van der Waals surface area contributed by atoms with Gasteiger partial charge in [0, 0.05) is 11.6 Å². The molecule has 0 radical (unpaired) electrons. The molecule has 1 amide bonds. The Bertz CT molecular complexity index is 1340. The van der Waals surface area contributed by atoms with Gasteiger partial charge in [-0.2, -0.15) is 21.6 Å². The van der Waals surface area contributed by atoms with Crippen LogP contribution in [0.3, 0.4) is 0 Å². The van der Waals surface area contributed by atoms with Crippen LogP contribution in [0.25, 0.3) is 0 Å². The van der Waals surface area contributed by atoms with E-state index in [0.29, 0.717) is 11.3 Å². The number of alkyl halides is 3. The van der Waals surface area contributed by atoms with Crippen molar-refractivity contribution in [2.24, 2.45) is 0 Å². The fourth-order valence-electron chi connectivity index (χ4n) is 3.94. The van der Waals surface area contributed by atoms with Gasteiger partial charge in [-0.05, 0) is 66.9 Å². The zero-order valence-electron chi connectivity index (χ0n) is 18.8. The van der Waals surface area contributed by atoms with Gasteiger partial charge in [-0.25, -0.2) is 0 Å². The molecule has 3 aromatic carbocycles. The molecule has 1 aliphatic heterocycles. The summed E-state index contributed by atoms with van der Waals surface area (Å²) < 4.78 is 76.7. The average molecular weight is 506 g/mol. The molecular formula is C25H22F3NO5S. The first-order chi connectivity index (χ1) is 16.5. The first-order valence-electron chi connectivity index (χ1n) is 10.6. The van der Waals surface area contributed by atoms with E-state index in [4.69, 9.17) is 8.92 Å². The lowest BCUT2D eigenvalue weighted by Gasteiger charge is -2.24. The van der Waals surface area contributed by atoms with Crippen molar-refractivity contribution in [3.63, 3.8) is 0 Å². The predicted molar refractivity (Wildman–Crippen MR) is 123 cm³/mol. The van der Waals surface area contributed by atoms with Crippen LogP contribution in [0.1, 0.15) is 28.2 Å². The van der Waals surface area contributed by atoms with E-state index >= 15 is 0 Å². The van der Waals surface area contributed by atoms with Crippen molar-refractivity contribution >= 4 is 21.7 Å². The molecular weight excluding hydrogens is 483 g/mol. The molecule has 0 fully saturated rings. The van der Waals surface area contributed by atoms with Crippen LogP contribution in [0.2, 0.25) is 0 Å².